The third-order valence-corrected chi connectivity index (χ3v) is 5.87. The number of likely N-dealkylation sites (N-methyl/N-ethyl adjacent to an activating group) is 1. The van der Waals surface area contributed by atoms with E-state index >= 15 is 0 Å². The number of carbonyl (C=O) groups is 1. The number of hydrogen-bond donors (Lipinski definition) is 1. The van der Waals surface area contributed by atoms with Gasteiger partial charge in [-0.25, -0.2) is 0 Å². The summed E-state index contributed by atoms with van der Waals surface area (Å²) in [5, 5.41) is 3.41. The zero-order chi connectivity index (χ0) is 20.2. The first kappa shape index (κ1) is 22.0. The monoisotopic (exact) mass is 381 g/mol. The van der Waals surface area contributed by atoms with Crippen LogP contribution in [0.4, 0.5) is 0 Å². The summed E-state index contributed by atoms with van der Waals surface area (Å²) >= 11 is 0. The Morgan fingerprint density at radius 1 is 1.30 bits per heavy atom. The molecule has 0 unspecified atom stereocenters. The lowest BCUT2D eigenvalue weighted by atomic mass is 9.89. The molecule has 0 radical (unpaired) electrons. The number of nitrogens with zero attached hydrogens (tertiary/aromatic N) is 4. The van der Waals surface area contributed by atoms with Crippen LogP contribution >= 0.6 is 0 Å². The molecular weight excluding hydrogens is 342 g/mol. The van der Waals surface area contributed by atoms with Crippen molar-refractivity contribution in [3.8, 4) is 0 Å². The molecule has 2 rings (SSSR count). The van der Waals surface area contributed by atoms with Gasteiger partial charge in [-0.05, 0) is 61.6 Å². The van der Waals surface area contributed by atoms with E-state index in [4.69, 9.17) is 9.73 Å². The Kier molecular flexibility index (Phi) is 7.14. The fourth-order valence-corrected chi connectivity index (χ4v) is 4.46. The van der Waals surface area contributed by atoms with Crippen LogP contribution in [0.1, 0.15) is 47.5 Å². The van der Waals surface area contributed by atoms with Gasteiger partial charge >= 0.3 is 0 Å². The van der Waals surface area contributed by atoms with Crippen molar-refractivity contribution in [1.29, 1.82) is 0 Å². The molecule has 2 saturated heterocycles. The molecule has 0 atom stereocenters. The third-order valence-electron chi connectivity index (χ3n) is 5.87. The van der Waals surface area contributed by atoms with Crippen LogP contribution in [0, 0.1) is 0 Å². The molecule has 0 saturated carbocycles. The van der Waals surface area contributed by atoms with Crippen molar-refractivity contribution in [2.75, 3.05) is 53.5 Å². The smallest absolute Gasteiger partial charge is 0.242 e. The molecule has 0 bridgehead atoms. The van der Waals surface area contributed by atoms with Crippen LogP contribution in [0.5, 0.6) is 0 Å². The Bertz CT molecular complexity index is 538. The molecule has 156 valence electrons. The van der Waals surface area contributed by atoms with Gasteiger partial charge in [-0.15, -0.1) is 0 Å². The van der Waals surface area contributed by atoms with Crippen LogP contribution in [-0.2, 0) is 9.53 Å². The molecule has 1 amide bonds. The van der Waals surface area contributed by atoms with Crippen LogP contribution < -0.4 is 5.32 Å². The van der Waals surface area contributed by atoms with E-state index in [9.17, 15) is 4.79 Å². The van der Waals surface area contributed by atoms with Gasteiger partial charge in [0, 0.05) is 37.9 Å². The van der Waals surface area contributed by atoms with Crippen LogP contribution in [0.2, 0.25) is 0 Å². The standard InChI is InChI=1S/C20H39N5O2/c1-8-21-18(22-14-20(23(6)7)9-11-27-12-10-20)24-13-17(26)25(16(2)3)19(4,5)15-24/h16H,8-15H2,1-7H3,(H,21,22). The molecule has 2 heterocycles. The summed E-state index contributed by atoms with van der Waals surface area (Å²) in [6, 6.07) is 0.202. The van der Waals surface area contributed by atoms with Crippen LogP contribution in [0.15, 0.2) is 4.99 Å². The maximum atomic E-state index is 12.8. The van der Waals surface area contributed by atoms with E-state index in [0.29, 0.717) is 13.1 Å². The van der Waals surface area contributed by atoms with Gasteiger partial charge in [-0.1, -0.05) is 0 Å². The largest absolute Gasteiger partial charge is 0.381 e. The van der Waals surface area contributed by atoms with Crippen molar-refractivity contribution >= 4 is 11.9 Å². The van der Waals surface area contributed by atoms with E-state index in [2.05, 4.69) is 63.8 Å². The number of piperazine rings is 1. The Balaban J connectivity index is 2.21. The molecular formula is C20H39N5O2. The number of rotatable bonds is 5. The van der Waals surface area contributed by atoms with Crippen molar-refractivity contribution in [3.05, 3.63) is 0 Å². The topological polar surface area (TPSA) is 60.4 Å². The molecule has 1 N–H and O–H groups in total. The fourth-order valence-electron chi connectivity index (χ4n) is 4.46. The van der Waals surface area contributed by atoms with Crippen LogP contribution in [-0.4, -0.2) is 97.2 Å². The second kappa shape index (κ2) is 8.78. The van der Waals surface area contributed by atoms with Crippen LogP contribution in [0.25, 0.3) is 0 Å². The van der Waals surface area contributed by atoms with E-state index in [1.807, 2.05) is 4.90 Å². The average Bonchev–Trinajstić information content (AvgIpc) is 2.57. The highest BCUT2D eigenvalue weighted by Crippen LogP contribution is 2.27. The number of guanidine groups is 1. The van der Waals surface area contributed by atoms with Gasteiger partial charge in [0.1, 0.15) is 0 Å². The molecule has 0 aromatic rings. The summed E-state index contributed by atoms with van der Waals surface area (Å²) in [5.74, 6) is 1.01. The zero-order valence-electron chi connectivity index (χ0n) is 18.3. The normalized spacial score (nSPS) is 23.3. The van der Waals surface area contributed by atoms with E-state index < -0.39 is 0 Å². The van der Waals surface area contributed by atoms with E-state index in [1.165, 1.54) is 0 Å². The highest BCUT2D eigenvalue weighted by Gasteiger charge is 2.41. The SMILES string of the molecule is CCNC(=NCC1(N(C)C)CCOCC1)N1CC(=O)N(C(C)C)C(C)(C)C1. The minimum atomic E-state index is -0.225. The summed E-state index contributed by atoms with van der Waals surface area (Å²) in [6.07, 6.45) is 1.96. The number of aliphatic imine (C=N–C) groups is 1. The first-order chi connectivity index (χ1) is 12.6. The van der Waals surface area contributed by atoms with Gasteiger partial charge in [0.2, 0.25) is 5.91 Å². The lowest BCUT2D eigenvalue weighted by molar-refractivity contribution is -0.145. The Labute approximate surface area is 165 Å². The highest BCUT2D eigenvalue weighted by atomic mass is 16.5. The molecule has 2 fully saturated rings. The molecule has 0 aliphatic carbocycles. The van der Waals surface area contributed by atoms with Crippen molar-refractivity contribution in [2.24, 2.45) is 4.99 Å². The highest BCUT2D eigenvalue weighted by molar-refractivity contribution is 5.88. The summed E-state index contributed by atoms with van der Waals surface area (Å²) in [6.45, 7) is 14.7. The number of hydrogen-bond acceptors (Lipinski definition) is 4. The second-order valence-electron chi connectivity index (χ2n) is 8.93. The lowest BCUT2D eigenvalue weighted by Crippen LogP contribution is -2.66. The van der Waals surface area contributed by atoms with Crippen LogP contribution in [0.3, 0.4) is 0 Å². The summed E-state index contributed by atoms with van der Waals surface area (Å²) in [7, 11) is 4.25. The van der Waals surface area contributed by atoms with Gasteiger partial charge < -0.3 is 24.8 Å². The van der Waals surface area contributed by atoms with Gasteiger partial charge in [-0.3, -0.25) is 9.79 Å². The predicted octanol–water partition coefficient (Wildman–Crippen LogP) is 1.39. The van der Waals surface area contributed by atoms with Gasteiger partial charge in [0.05, 0.1) is 18.6 Å². The van der Waals surface area contributed by atoms with Gasteiger partial charge in [0.15, 0.2) is 5.96 Å². The number of nitrogens with one attached hydrogen (secondary N) is 1. The molecule has 2 aliphatic rings. The quantitative estimate of drug-likeness (QED) is 0.576. The average molecular weight is 382 g/mol. The summed E-state index contributed by atoms with van der Waals surface area (Å²) < 4.78 is 5.57. The summed E-state index contributed by atoms with van der Waals surface area (Å²) in [4.78, 5) is 24.2. The van der Waals surface area contributed by atoms with E-state index in [-0.39, 0.29) is 23.0 Å². The van der Waals surface area contributed by atoms with E-state index in [0.717, 1.165) is 45.1 Å². The van der Waals surface area contributed by atoms with Crippen molar-refractivity contribution in [3.63, 3.8) is 0 Å². The maximum Gasteiger partial charge on any atom is 0.242 e. The molecule has 0 aromatic carbocycles. The maximum absolute atomic E-state index is 12.8. The van der Waals surface area contributed by atoms with E-state index in [1.54, 1.807) is 0 Å². The molecule has 7 nitrogen and oxygen atoms in total. The fraction of sp³-hybridized carbons (Fsp3) is 0.900. The van der Waals surface area contributed by atoms with Gasteiger partial charge in [0.25, 0.3) is 0 Å². The van der Waals surface area contributed by atoms with Crippen molar-refractivity contribution < 1.29 is 9.53 Å². The van der Waals surface area contributed by atoms with Gasteiger partial charge in [-0.2, -0.15) is 0 Å². The molecule has 0 spiro atoms. The number of ether oxygens (including phenoxy) is 1. The summed E-state index contributed by atoms with van der Waals surface area (Å²) in [5.41, 5.74) is -0.199. The molecule has 0 aromatic heterocycles. The first-order valence-corrected chi connectivity index (χ1v) is 10.2. The number of carbonyl (C=O) groups excluding carboxylic acids is 1. The Hall–Kier alpha value is -1.34. The number of amides is 1. The lowest BCUT2D eigenvalue weighted by Gasteiger charge is -2.49. The Morgan fingerprint density at radius 2 is 1.93 bits per heavy atom. The minimum absolute atomic E-state index is 0.0260. The molecule has 2 aliphatic heterocycles. The second-order valence-corrected chi connectivity index (χ2v) is 8.93. The predicted molar refractivity (Wildman–Crippen MR) is 110 cm³/mol. The van der Waals surface area contributed by atoms with Crippen molar-refractivity contribution in [1.82, 2.24) is 20.0 Å². The minimum Gasteiger partial charge on any atom is -0.381 e. The molecule has 27 heavy (non-hydrogen) atoms. The molecule has 7 heteroatoms. The van der Waals surface area contributed by atoms with Crippen molar-refractivity contribution in [2.45, 2.75) is 64.6 Å². The third kappa shape index (κ3) is 4.93. The first-order valence-electron chi connectivity index (χ1n) is 10.2. The zero-order valence-corrected chi connectivity index (χ0v) is 18.3. The Morgan fingerprint density at radius 3 is 2.41 bits per heavy atom.